The minimum atomic E-state index is -4.67. The van der Waals surface area contributed by atoms with Crippen LogP contribution in [-0.4, -0.2) is 30.7 Å². The fraction of sp³-hybridized carbons (Fsp3) is 0.400. The van der Waals surface area contributed by atoms with Crippen LogP contribution < -0.4 is 0 Å². The van der Waals surface area contributed by atoms with Crippen molar-refractivity contribution in [2.75, 3.05) is 20.1 Å². The summed E-state index contributed by atoms with van der Waals surface area (Å²) in [6, 6.07) is 10.5. The first-order chi connectivity index (χ1) is 13.2. The maximum Gasteiger partial charge on any atom is 0.416 e. The molecule has 5 nitrogen and oxygen atoms in total. The molecule has 1 N–H and O–H groups in total. The van der Waals surface area contributed by atoms with E-state index in [0.29, 0.717) is 18.7 Å². The lowest BCUT2D eigenvalue weighted by Crippen LogP contribution is -2.52. The van der Waals surface area contributed by atoms with Crippen molar-refractivity contribution in [2.45, 2.75) is 12.1 Å². The van der Waals surface area contributed by atoms with Gasteiger partial charge in [-0.05, 0) is 24.3 Å². The van der Waals surface area contributed by atoms with Crippen LogP contribution >= 0.6 is 0 Å². The highest BCUT2D eigenvalue weighted by molar-refractivity contribution is 6.00. The molecule has 1 aliphatic carbocycles. The number of fused-ring (bicyclic) bond motifs is 1. The van der Waals surface area contributed by atoms with Gasteiger partial charge in [0.2, 0.25) is 0 Å². The molecule has 1 heterocycles. The van der Waals surface area contributed by atoms with E-state index in [1.54, 1.807) is 25.3 Å². The Morgan fingerprint density at radius 3 is 2.39 bits per heavy atom. The van der Waals surface area contributed by atoms with Gasteiger partial charge in [-0.1, -0.05) is 24.3 Å². The normalized spacial score (nSPS) is 27.0. The second kappa shape index (κ2) is 6.78. The molecule has 1 saturated carbocycles. The molecule has 0 bridgehead atoms. The second-order valence-electron chi connectivity index (χ2n) is 7.10. The van der Waals surface area contributed by atoms with Gasteiger partial charge in [0.05, 0.1) is 29.5 Å². The Bertz CT molecular complexity index is 959. The fourth-order valence-corrected chi connectivity index (χ4v) is 4.32. The van der Waals surface area contributed by atoms with Crippen molar-refractivity contribution < 1.29 is 13.2 Å². The third-order valence-corrected chi connectivity index (χ3v) is 5.57. The number of nitriles is 3. The van der Waals surface area contributed by atoms with Crippen LogP contribution in [0.3, 0.4) is 0 Å². The smallest absolute Gasteiger partial charge is 0.305 e. The molecule has 0 amide bonds. The van der Waals surface area contributed by atoms with Crippen LogP contribution in [0.2, 0.25) is 0 Å². The first-order valence-corrected chi connectivity index (χ1v) is 8.57. The van der Waals surface area contributed by atoms with E-state index >= 15 is 0 Å². The summed E-state index contributed by atoms with van der Waals surface area (Å²) >= 11 is 0. The van der Waals surface area contributed by atoms with E-state index in [1.807, 2.05) is 11.0 Å². The Morgan fingerprint density at radius 2 is 1.82 bits per heavy atom. The SMILES string of the molecule is CN1CC=C2C(C#N)C(=N)C(C#N)(C#N)[C@@H](c3ccccc3C(F)(F)F)[C@@H]2C1. The molecule has 1 aliphatic heterocycles. The summed E-state index contributed by atoms with van der Waals surface area (Å²) in [5.41, 5.74) is -3.19. The Hall–Kier alpha value is -3.15. The van der Waals surface area contributed by atoms with Gasteiger partial charge in [0.25, 0.3) is 0 Å². The molecule has 1 fully saturated rings. The Balaban J connectivity index is 2.35. The van der Waals surface area contributed by atoms with Crippen LogP contribution in [0, 0.1) is 56.7 Å². The summed E-state index contributed by atoms with van der Waals surface area (Å²) in [4.78, 5) is 1.86. The summed E-state index contributed by atoms with van der Waals surface area (Å²) in [6.45, 7) is 0.774. The van der Waals surface area contributed by atoms with Crippen LogP contribution in [0.1, 0.15) is 17.0 Å². The lowest BCUT2D eigenvalue weighted by Gasteiger charge is -2.47. The van der Waals surface area contributed by atoms with Crippen LogP contribution in [0.25, 0.3) is 0 Å². The van der Waals surface area contributed by atoms with E-state index < -0.39 is 40.6 Å². The van der Waals surface area contributed by atoms with E-state index in [2.05, 4.69) is 0 Å². The average Bonchev–Trinajstić information content (AvgIpc) is 2.67. The van der Waals surface area contributed by atoms with E-state index in [-0.39, 0.29) is 5.56 Å². The van der Waals surface area contributed by atoms with E-state index in [4.69, 9.17) is 5.41 Å². The summed E-state index contributed by atoms with van der Waals surface area (Å²) < 4.78 is 41.1. The number of halogens is 3. The summed E-state index contributed by atoms with van der Waals surface area (Å²) in [6.07, 6.45) is -2.94. The van der Waals surface area contributed by atoms with Crippen molar-refractivity contribution in [1.29, 1.82) is 21.2 Å². The highest BCUT2D eigenvalue weighted by atomic mass is 19.4. The van der Waals surface area contributed by atoms with Gasteiger partial charge in [0.15, 0.2) is 5.41 Å². The van der Waals surface area contributed by atoms with Crippen molar-refractivity contribution in [1.82, 2.24) is 4.90 Å². The number of nitrogens with zero attached hydrogens (tertiary/aromatic N) is 4. The third-order valence-electron chi connectivity index (χ3n) is 5.57. The lowest BCUT2D eigenvalue weighted by atomic mass is 9.54. The Labute approximate surface area is 160 Å². The number of nitrogens with one attached hydrogen (secondary N) is 1. The number of likely N-dealkylation sites (N-methyl/N-ethyl adjacent to an activating group) is 1. The van der Waals surface area contributed by atoms with E-state index in [1.165, 1.54) is 18.2 Å². The molecule has 1 unspecified atom stereocenters. The molecule has 2 aliphatic rings. The first kappa shape index (κ1) is 19.6. The lowest BCUT2D eigenvalue weighted by molar-refractivity contribution is -0.138. The third kappa shape index (κ3) is 2.76. The minimum Gasteiger partial charge on any atom is -0.305 e. The predicted octanol–water partition coefficient (Wildman–Crippen LogP) is 3.48. The number of benzene rings is 1. The first-order valence-electron chi connectivity index (χ1n) is 8.57. The topological polar surface area (TPSA) is 98.5 Å². The van der Waals surface area contributed by atoms with Gasteiger partial charge in [-0.2, -0.15) is 29.0 Å². The number of hydrogen-bond acceptors (Lipinski definition) is 5. The van der Waals surface area contributed by atoms with Crippen LogP contribution in [-0.2, 0) is 6.18 Å². The number of rotatable bonds is 1. The Morgan fingerprint density at radius 1 is 1.18 bits per heavy atom. The molecule has 8 heteroatoms. The monoisotopic (exact) mass is 383 g/mol. The van der Waals surface area contributed by atoms with Crippen molar-refractivity contribution >= 4 is 5.71 Å². The van der Waals surface area contributed by atoms with Gasteiger partial charge in [0, 0.05) is 24.9 Å². The summed E-state index contributed by atoms with van der Waals surface area (Å²) in [5.74, 6) is -2.95. The highest BCUT2D eigenvalue weighted by Crippen LogP contribution is 2.55. The largest absolute Gasteiger partial charge is 0.416 e. The highest BCUT2D eigenvalue weighted by Gasteiger charge is 2.58. The molecular weight excluding hydrogens is 367 g/mol. The zero-order chi connectivity index (χ0) is 20.7. The van der Waals surface area contributed by atoms with Crippen molar-refractivity contribution in [2.24, 2.45) is 17.3 Å². The minimum absolute atomic E-state index is 0.189. The van der Waals surface area contributed by atoms with Gasteiger partial charge >= 0.3 is 6.18 Å². The fourth-order valence-electron chi connectivity index (χ4n) is 4.32. The standard InChI is InChI=1S/C20H16F3N5/c1-28-7-6-12-14(8-24)18(27)19(10-25,11-26)17(15(12)9-28)13-4-2-3-5-16(13)20(21,22)23/h2-6,14-15,17,27H,7,9H2,1H3/t14?,15-,17+/m1/s1. The molecule has 28 heavy (non-hydrogen) atoms. The van der Waals surface area contributed by atoms with Gasteiger partial charge in [-0.3, -0.25) is 0 Å². The number of alkyl halides is 3. The van der Waals surface area contributed by atoms with Gasteiger partial charge in [-0.15, -0.1) is 0 Å². The predicted molar refractivity (Wildman–Crippen MR) is 93.7 cm³/mol. The zero-order valence-electron chi connectivity index (χ0n) is 15.0. The van der Waals surface area contributed by atoms with Crippen molar-refractivity contribution in [3.05, 3.63) is 47.0 Å². The van der Waals surface area contributed by atoms with Crippen molar-refractivity contribution in [3.63, 3.8) is 0 Å². The average molecular weight is 383 g/mol. The van der Waals surface area contributed by atoms with Gasteiger partial charge in [0.1, 0.15) is 5.92 Å². The molecule has 0 saturated heterocycles. The van der Waals surface area contributed by atoms with Gasteiger partial charge < -0.3 is 10.3 Å². The summed E-state index contributed by atoms with van der Waals surface area (Å²) in [7, 11) is 1.78. The van der Waals surface area contributed by atoms with E-state index in [9.17, 15) is 29.0 Å². The second-order valence-corrected chi connectivity index (χ2v) is 7.10. The van der Waals surface area contributed by atoms with Crippen LogP contribution in [0.4, 0.5) is 13.2 Å². The molecule has 3 rings (SSSR count). The maximum atomic E-state index is 13.7. The molecule has 1 aromatic carbocycles. The molecule has 1 aromatic rings. The zero-order valence-corrected chi connectivity index (χ0v) is 15.0. The summed E-state index contributed by atoms with van der Waals surface area (Å²) in [5, 5.41) is 37.8. The molecule has 0 spiro atoms. The van der Waals surface area contributed by atoms with E-state index in [0.717, 1.165) is 6.07 Å². The molecule has 0 radical (unpaired) electrons. The molecule has 3 atom stereocenters. The molecule has 142 valence electrons. The maximum absolute atomic E-state index is 13.7. The van der Waals surface area contributed by atoms with Crippen LogP contribution in [0.5, 0.6) is 0 Å². The van der Waals surface area contributed by atoms with Crippen molar-refractivity contribution in [3.8, 4) is 18.2 Å². The molecule has 0 aromatic heterocycles. The number of hydrogen-bond donors (Lipinski definition) is 1. The van der Waals surface area contributed by atoms with Crippen LogP contribution in [0.15, 0.2) is 35.9 Å². The molecular formula is C20H16F3N5. The quantitative estimate of drug-likeness (QED) is 0.751. The Kier molecular flexibility index (Phi) is 4.75. The van der Waals surface area contributed by atoms with Gasteiger partial charge in [-0.25, -0.2) is 0 Å².